The quantitative estimate of drug-likeness (QED) is 0.762. The van der Waals surface area contributed by atoms with Gasteiger partial charge in [0.1, 0.15) is 12.1 Å². The van der Waals surface area contributed by atoms with Gasteiger partial charge < -0.3 is 4.57 Å². The molecule has 0 saturated heterocycles. The van der Waals surface area contributed by atoms with Crippen molar-refractivity contribution in [2.75, 3.05) is 5.32 Å². The molecule has 0 aliphatic rings. The number of aryl methyl sites for hydroxylation is 1. The number of H-pyrrole nitrogens is 1. The highest BCUT2D eigenvalue weighted by molar-refractivity contribution is 5.89. The Morgan fingerprint density at radius 1 is 1.40 bits per heavy atom. The fourth-order valence-electron chi connectivity index (χ4n) is 2.03. The topological polar surface area (TPSA) is 75.6 Å². The number of carbonyl (C=O) groups is 1. The largest absolute Gasteiger partial charge is 0.347 e. The molecule has 0 aliphatic carbocycles. The van der Waals surface area contributed by atoms with Crippen molar-refractivity contribution in [2.24, 2.45) is 0 Å². The summed E-state index contributed by atoms with van der Waals surface area (Å²) in [7, 11) is 0. The maximum absolute atomic E-state index is 13.2. The average molecular weight is 273 g/mol. The Balaban J connectivity index is 1.67. The molecule has 2 N–H and O–H groups in total. The van der Waals surface area contributed by atoms with Gasteiger partial charge in [0, 0.05) is 19.2 Å². The average Bonchev–Trinajstić information content (AvgIpc) is 3.05. The number of benzene rings is 1. The van der Waals surface area contributed by atoms with Crippen LogP contribution in [0.4, 0.5) is 10.3 Å². The highest BCUT2D eigenvalue weighted by atomic mass is 19.1. The zero-order chi connectivity index (χ0) is 13.9. The van der Waals surface area contributed by atoms with Crippen molar-refractivity contribution >= 4 is 22.8 Å². The van der Waals surface area contributed by atoms with Gasteiger partial charge in [-0.2, -0.15) is 10.1 Å². The molecule has 1 aromatic carbocycles. The lowest BCUT2D eigenvalue weighted by Crippen LogP contribution is -2.15. The monoisotopic (exact) mass is 273 g/mol. The zero-order valence-electron chi connectivity index (χ0n) is 10.5. The molecule has 20 heavy (non-hydrogen) atoms. The van der Waals surface area contributed by atoms with Crippen molar-refractivity contribution < 1.29 is 9.18 Å². The first-order valence-corrected chi connectivity index (χ1v) is 6.12. The second-order valence-corrected chi connectivity index (χ2v) is 4.34. The van der Waals surface area contributed by atoms with E-state index in [4.69, 9.17) is 0 Å². The van der Waals surface area contributed by atoms with Gasteiger partial charge in [0.15, 0.2) is 0 Å². The van der Waals surface area contributed by atoms with Crippen molar-refractivity contribution in [2.45, 2.75) is 13.0 Å². The molecule has 0 radical (unpaired) electrons. The van der Waals surface area contributed by atoms with E-state index in [1.807, 2.05) is 16.8 Å². The number of aromatic amines is 1. The van der Waals surface area contributed by atoms with Crippen LogP contribution in [0.5, 0.6) is 0 Å². The number of rotatable bonds is 4. The van der Waals surface area contributed by atoms with E-state index in [0.29, 0.717) is 12.5 Å². The molecule has 0 aliphatic heterocycles. The summed E-state index contributed by atoms with van der Waals surface area (Å²) in [5.74, 6) is -0.151. The van der Waals surface area contributed by atoms with E-state index in [2.05, 4.69) is 20.5 Å². The van der Waals surface area contributed by atoms with E-state index in [1.54, 1.807) is 6.07 Å². The number of carbonyl (C=O) groups excluding carboxylic acids is 1. The Morgan fingerprint density at radius 2 is 2.30 bits per heavy atom. The van der Waals surface area contributed by atoms with Crippen LogP contribution in [0.25, 0.3) is 10.9 Å². The standard InChI is InChI=1S/C13H12FN5O/c14-10-2-1-9-3-5-19(11(9)7-10)6-4-12(20)17-13-15-8-16-18-13/h1-3,5,7-8H,4,6H2,(H2,15,16,17,18,20). The number of aromatic nitrogens is 4. The van der Waals surface area contributed by atoms with Crippen LogP contribution in [-0.4, -0.2) is 25.7 Å². The third kappa shape index (κ3) is 2.51. The van der Waals surface area contributed by atoms with Crippen molar-refractivity contribution in [1.82, 2.24) is 19.7 Å². The Hall–Kier alpha value is -2.70. The molecule has 7 heteroatoms. The first kappa shape index (κ1) is 12.3. The van der Waals surface area contributed by atoms with Crippen LogP contribution in [0.15, 0.2) is 36.8 Å². The highest BCUT2D eigenvalue weighted by Crippen LogP contribution is 2.17. The number of nitrogens with one attached hydrogen (secondary N) is 2. The van der Waals surface area contributed by atoms with Gasteiger partial charge in [-0.25, -0.2) is 9.49 Å². The molecule has 2 aromatic heterocycles. The Morgan fingerprint density at radius 3 is 3.10 bits per heavy atom. The van der Waals surface area contributed by atoms with Gasteiger partial charge in [-0.15, -0.1) is 0 Å². The minimum absolute atomic E-state index is 0.181. The van der Waals surface area contributed by atoms with E-state index in [0.717, 1.165) is 10.9 Å². The van der Waals surface area contributed by atoms with E-state index in [9.17, 15) is 9.18 Å². The SMILES string of the molecule is O=C(CCn1ccc2ccc(F)cc21)Nc1ncn[nH]1. The molecule has 0 fully saturated rings. The Bertz CT molecular complexity index is 734. The Kier molecular flexibility index (Phi) is 3.16. The van der Waals surface area contributed by atoms with Crippen molar-refractivity contribution in [3.05, 3.63) is 42.6 Å². The summed E-state index contributed by atoms with van der Waals surface area (Å²) in [5.41, 5.74) is 0.775. The van der Waals surface area contributed by atoms with Crippen LogP contribution in [0.2, 0.25) is 0 Å². The minimum atomic E-state index is -0.288. The third-order valence-corrected chi connectivity index (χ3v) is 2.99. The number of anilines is 1. The molecule has 1 amide bonds. The number of fused-ring (bicyclic) bond motifs is 1. The molecule has 0 atom stereocenters. The second kappa shape index (κ2) is 5.12. The molecule has 6 nitrogen and oxygen atoms in total. The molecular weight excluding hydrogens is 261 g/mol. The first-order chi connectivity index (χ1) is 9.72. The van der Waals surface area contributed by atoms with E-state index in [-0.39, 0.29) is 18.1 Å². The number of nitrogens with zero attached hydrogens (tertiary/aromatic N) is 3. The van der Waals surface area contributed by atoms with Gasteiger partial charge in [-0.3, -0.25) is 10.1 Å². The smallest absolute Gasteiger partial charge is 0.228 e. The lowest BCUT2D eigenvalue weighted by molar-refractivity contribution is -0.116. The van der Waals surface area contributed by atoms with E-state index in [1.165, 1.54) is 18.5 Å². The van der Waals surface area contributed by atoms with Gasteiger partial charge in [0.05, 0.1) is 5.52 Å². The van der Waals surface area contributed by atoms with Gasteiger partial charge in [0.2, 0.25) is 11.9 Å². The molecule has 3 rings (SSSR count). The number of amides is 1. The molecule has 0 saturated carbocycles. The molecule has 0 spiro atoms. The fraction of sp³-hybridized carbons (Fsp3) is 0.154. The molecular formula is C13H12FN5O. The maximum Gasteiger partial charge on any atom is 0.228 e. The van der Waals surface area contributed by atoms with Gasteiger partial charge in [-0.05, 0) is 29.7 Å². The second-order valence-electron chi connectivity index (χ2n) is 4.34. The van der Waals surface area contributed by atoms with Gasteiger partial charge >= 0.3 is 0 Å². The third-order valence-electron chi connectivity index (χ3n) is 2.99. The van der Waals surface area contributed by atoms with Crippen LogP contribution >= 0.6 is 0 Å². The minimum Gasteiger partial charge on any atom is -0.347 e. The summed E-state index contributed by atoms with van der Waals surface area (Å²) in [6.45, 7) is 0.465. The van der Waals surface area contributed by atoms with Gasteiger partial charge in [0.25, 0.3) is 0 Å². The predicted octanol–water partition coefficient (Wildman–Crippen LogP) is 1.93. The fourth-order valence-corrected chi connectivity index (χ4v) is 2.03. The molecule has 0 unspecified atom stereocenters. The maximum atomic E-state index is 13.2. The highest BCUT2D eigenvalue weighted by Gasteiger charge is 2.07. The number of halogens is 1. The van der Waals surface area contributed by atoms with E-state index >= 15 is 0 Å². The summed E-state index contributed by atoms with van der Waals surface area (Å²) in [6.07, 6.45) is 3.42. The van der Waals surface area contributed by atoms with Crippen molar-refractivity contribution in [3.8, 4) is 0 Å². The zero-order valence-corrected chi connectivity index (χ0v) is 10.5. The van der Waals surface area contributed by atoms with E-state index < -0.39 is 0 Å². The van der Waals surface area contributed by atoms with Crippen molar-refractivity contribution in [3.63, 3.8) is 0 Å². The number of hydrogen-bond acceptors (Lipinski definition) is 3. The summed E-state index contributed by atoms with van der Waals surface area (Å²) in [5, 5.41) is 9.72. The van der Waals surface area contributed by atoms with Crippen LogP contribution in [0.3, 0.4) is 0 Å². The van der Waals surface area contributed by atoms with Crippen LogP contribution < -0.4 is 5.32 Å². The molecule has 3 aromatic rings. The van der Waals surface area contributed by atoms with Crippen molar-refractivity contribution in [1.29, 1.82) is 0 Å². The first-order valence-electron chi connectivity index (χ1n) is 6.12. The summed E-state index contributed by atoms with van der Waals surface area (Å²) in [4.78, 5) is 15.5. The van der Waals surface area contributed by atoms with Crippen LogP contribution in [0, 0.1) is 5.82 Å². The van der Waals surface area contributed by atoms with Crippen LogP contribution in [-0.2, 0) is 11.3 Å². The Labute approximate surface area is 113 Å². The summed E-state index contributed by atoms with van der Waals surface area (Å²) >= 11 is 0. The molecule has 2 heterocycles. The lowest BCUT2D eigenvalue weighted by Gasteiger charge is -2.05. The molecule has 102 valence electrons. The number of hydrogen-bond donors (Lipinski definition) is 2. The molecule has 0 bridgehead atoms. The summed E-state index contributed by atoms with van der Waals surface area (Å²) in [6, 6.07) is 6.49. The normalized spacial score (nSPS) is 10.8. The van der Waals surface area contributed by atoms with Crippen LogP contribution in [0.1, 0.15) is 6.42 Å². The lowest BCUT2D eigenvalue weighted by atomic mass is 10.2. The summed E-state index contributed by atoms with van der Waals surface area (Å²) < 4.78 is 15.1. The predicted molar refractivity (Wildman–Crippen MR) is 71.5 cm³/mol. The van der Waals surface area contributed by atoms with Gasteiger partial charge in [-0.1, -0.05) is 0 Å².